The van der Waals surface area contributed by atoms with E-state index >= 15 is 0 Å². The molecule has 2 fully saturated rings. The highest BCUT2D eigenvalue weighted by Crippen LogP contribution is 2.47. The van der Waals surface area contributed by atoms with Crippen LogP contribution in [0, 0.1) is 12.8 Å². The summed E-state index contributed by atoms with van der Waals surface area (Å²) >= 11 is 1.33. The van der Waals surface area contributed by atoms with Crippen LogP contribution in [0.4, 0.5) is 5.82 Å². The predicted molar refractivity (Wildman–Crippen MR) is 111 cm³/mol. The molecule has 2 aromatic heterocycles. The molecule has 8 heteroatoms. The number of nitrogens with zero attached hydrogens (tertiary/aromatic N) is 2. The predicted octanol–water partition coefficient (Wildman–Crippen LogP) is 3.95. The van der Waals surface area contributed by atoms with Gasteiger partial charge >= 0.3 is 0 Å². The molecule has 0 saturated heterocycles. The van der Waals surface area contributed by atoms with Crippen molar-refractivity contribution in [3.8, 4) is 0 Å². The third kappa shape index (κ3) is 5.04. The zero-order valence-electron chi connectivity index (χ0n) is 17.0. The van der Waals surface area contributed by atoms with E-state index < -0.39 is 0 Å². The molecule has 2 aromatic rings. The molecule has 29 heavy (non-hydrogen) atoms. The molecule has 0 radical (unpaired) electrons. The Kier molecular flexibility index (Phi) is 5.72. The van der Waals surface area contributed by atoms with Crippen LogP contribution in [-0.2, 0) is 16.1 Å². The van der Waals surface area contributed by atoms with E-state index in [9.17, 15) is 9.59 Å². The van der Waals surface area contributed by atoms with Gasteiger partial charge in [-0.1, -0.05) is 12.1 Å². The van der Waals surface area contributed by atoms with Crippen LogP contribution in [-0.4, -0.2) is 38.9 Å². The smallest absolute Gasteiger partial charge is 0.238 e. The van der Waals surface area contributed by atoms with Gasteiger partial charge in [-0.3, -0.25) is 9.59 Å². The lowest BCUT2D eigenvalue weighted by Crippen LogP contribution is -2.35. The summed E-state index contributed by atoms with van der Waals surface area (Å²) in [7, 11) is 0. The van der Waals surface area contributed by atoms with Crippen LogP contribution in [0.3, 0.4) is 0 Å². The molecule has 156 valence electrons. The van der Waals surface area contributed by atoms with Gasteiger partial charge in [-0.25, -0.2) is 0 Å². The first-order valence-electron chi connectivity index (χ1n) is 10.1. The van der Waals surface area contributed by atoms with Crippen molar-refractivity contribution >= 4 is 29.4 Å². The van der Waals surface area contributed by atoms with Crippen molar-refractivity contribution in [2.24, 2.45) is 5.92 Å². The highest BCUT2D eigenvalue weighted by Gasteiger charge is 2.37. The highest BCUT2D eigenvalue weighted by atomic mass is 32.2. The maximum Gasteiger partial charge on any atom is 0.238 e. The number of aromatic nitrogens is 1. The number of hydrogen-bond acceptors (Lipinski definition) is 6. The summed E-state index contributed by atoms with van der Waals surface area (Å²) in [5.74, 6) is 4.26. The maximum atomic E-state index is 12.8. The van der Waals surface area contributed by atoms with E-state index in [4.69, 9.17) is 8.94 Å². The van der Waals surface area contributed by atoms with Gasteiger partial charge < -0.3 is 19.2 Å². The molecule has 2 aliphatic carbocycles. The number of aryl methyl sites for hydroxylation is 1. The average Bonchev–Trinajstić information content (AvgIpc) is 3.58. The van der Waals surface area contributed by atoms with Crippen molar-refractivity contribution in [3.63, 3.8) is 0 Å². The monoisotopic (exact) mass is 417 g/mol. The van der Waals surface area contributed by atoms with Gasteiger partial charge in [0.1, 0.15) is 17.3 Å². The second kappa shape index (κ2) is 8.26. The zero-order valence-corrected chi connectivity index (χ0v) is 17.8. The topological polar surface area (TPSA) is 88.6 Å². The van der Waals surface area contributed by atoms with Crippen LogP contribution in [0.15, 0.2) is 27.1 Å². The molecule has 0 spiro atoms. The Labute approximate surface area is 174 Å². The molecule has 2 saturated carbocycles. The SMILES string of the molecule is Cc1cc(NC(=O)[C@H](C)SCC(=O)N(Cc2ccc([C@H]3C[C@H]3C)o2)C2CC2)no1. The molecule has 1 N–H and O–H groups in total. The van der Waals surface area contributed by atoms with Crippen molar-refractivity contribution in [1.29, 1.82) is 0 Å². The minimum Gasteiger partial charge on any atom is -0.464 e. The molecule has 7 nitrogen and oxygen atoms in total. The van der Waals surface area contributed by atoms with Gasteiger partial charge in [-0.15, -0.1) is 11.8 Å². The molecule has 0 aliphatic heterocycles. The first-order chi connectivity index (χ1) is 13.9. The third-order valence-corrected chi connectivity index (χ3v) is 6.62. The van der Waals surface area contributed by atoms with Crippen LogP contribution in [0.25, 0.3) is 0 Å². The largest absolute Gasteiger partial charge is 0.464 e. The van der Waals surface area contributed by atoms with E-state index in [2.05, 4.69) is 17.4 Å². The van der Waals surface area contributed by atoms with E-state index in [-0.39, 0.29) is 22.8 Å². The first kappa shape index (κ1) is 20.1. The molecule has 0 unspecified atom stereocenters. The van der Waals surface area contributed by atoms with Crippen LogP contribution >= 0.6 is 11.8 Å². The Morgan fingerprint density at radius 3 is 2.76 bits per heavy atom. The van der Waals surface area contributed by atoms with Crippen LogP contribution < -0.4 is 5.32 Å². The number of rotatable bonds is 9. The maximum absolute atomic E-state index is 12.8. The lowest BCUT2D eigenvalue weighted by atomic mass is 10.3. The van der Waals surface area contributed by atoms with Gasteiger partial charge in [0.2, 0.25) is 11.8 Å². The lowest BCUT2D eigenvalue weighted by Gasteiger charge is -2.22. The third-order valence-electron chi connectivity index (χ3n) is 5.50. The minimum absolute atomic E-state index is 0.0483. The highest BCUT2D eigenvalue weighted by molar-refractivity contribution is 8.01. The second-order valence-electron chi connectivity index (χ2n) is 8.14. The number of nitrogens with one attached hydrogen (secondary N) is 1. The van der Waals surface area contributed by atoms with E-state index in [1.807, 2.05) is 17.0 Å². The van der Waals surface area contributed by atoms with Crippen molar-refractivity contribution < 1.29 is 18.5 Å². The first-order valence-corrected chi connectivity index (χ1v) is 11.2. The summed E-state index contributed by atoms with van der Waals surface area (Å²) in [6.07, 6.45) is 3.25. The van der Waals surface area contributed by atoms with Gasteiger partial charge in [-0.2, -0.15) is 0 Å². The van der Waals surface area contributed by atoms with Crippen molar-refractivity contribution in [2.75, 3.05) is 11.1 Å². The van der Waals surface area contributed by atoms with Crippen LogP contribution in [0.1, 0.15) is 56.3 Å². The lowest BCUT2D eigenvalue weighted by molar-refractivity contribution is -0.129. The Morgan fingerprint density at radius 2 is 2.14 bits per heavy atom. The number of hydrogen-bond donors (Lipinski definition) is 1. The summed E-state index contributed by atoms with van der Waals surface area (Å²) in [6.45, 7) is 6.28. The van der Waals surface area contributed by atoms with Crippen LogP contribution in [0.5, 0.6) is 0 Å². The van der Waals surface area contributed by atoms with E-state index in [0.717, 1.165) is 24.4 Å². The van der Waals surface area contributed by atoms with E-state index in [1.54, 1.807) is 19.9 Å². The normalized spacial score (nSPS) is 21.6. The summed E-state index contributed by atoms with van der Waals surface area (Å²) in [4.78, 5) is 27.0. The fraction of sp³-hybridized carbons (Fsp3) is 0.571. The molecule has 2 heterocycles. The quantitative estimate of drug-likeness (QED) is 0.665. The van der Waals surface area contributed by atoms with Crippen molar-refractivity contribution in [2.45, 2.75) is 63.8 Å². The Hall–Kier alpha value is -2.22. The molecule has 0 bridgehead atoms. The van der Waals surface area contributed by atoms with Crippen LogP contribution in [0.2, 0.25) is 0 Å². The van der Waals surface area contributed by atoms with Gasteiger partial charge in [0.25, 0.3) is 0 Å². The van der Waals surface area contributed by atoms with Gasteiger partial charge in [0.05, 0.1) is 17.5 Å². The van der Waals surface area contributed by atoms with Crippen molar-refractivity contribution in [1.82, 2.24) is 10.1 Å². The Morgan fingerprint density at radius 1 is 1.38 bits per heavy atom. The zero-order chi connectivity index (χ0) is 20.5. The summed E-state index contributed by atoms with van der Waals surface area (Å²) < 4.78 is 10.9. The summed E-state index contributed by atoms with van der Waals surface area (Å²) in [5, 5.41) is 6.10. The standard InChI is InChI=1S/C21H27N3O4S/c1-12-8-17(12)18-7-6-16(27-18)10-24(15-4-5-15)20(25)11-29-14(3)21(26)22-19-9-13(2)28-23-19/h6-7,9,12,14-15,17H,4-5,8,10-11H2,1-3H3,(H,22,23,26)/t12-,14+,17+/m1/s1. The van der Waals surface area contributed by atoms with Gasteiger partial charge in [-0.05, 0) is 51.2 Å². The number of thioether (sulfide) groups is 1. The molecule has 2 amide bonds. The van der Waals surface area contributed by atoms with Gasteiger partial charge in [0, 0.05) is 18.0 Å². The second-order valence-corrected chi connectivity index (χ2v) is 9.47. The van der Waals surface area contributed by atoms with E-state index in [1.165, 1.54) is 18.2 Å². The number of amides is 2. The molecule has 2 aliphatic rings. The molecule has 0 aromatic carbocycles. The minimum atomic E-state index is -0.372. The molecular weight excluding hydrogens is 390 g/mol. The summed E-state index contributed by atoms with van der Waals surface area (Å²) in [6, 6.07) is 5.99. The molecule has 4 rings (SSSR count). The van der Waals surface area contributed by atoms with Gasteiger partial charge in [0.15, 0.2) is 5.82 Å². The number of anilines is 1. The summed E-state index contributed by atoms with van der Waals surface area (Å²) in [5.41, 5.74) is 0. The molecule has 3 atom stereocenters. The average molecular weight is 418 g/mol. The van der Waals surface area contributed by atoms with Crippen molar-refractivity contribution in [3.05, 3.63) is 35.5 Å². The van der Waals surface area contributed by atoms with E-state index in [0.29, 0.717) is 36.0 Å². The number of carbonyl (C=O) groups excluding carboxylic acids is 2. The molecular formula is C21H27N3O4S. The number of furan rings is 1. The number of carbonyl (C=O) groups is 2. The Bertz CT molecular complexity index is 888. The fourth-order valence-corrected chi connectivity index (χ4v) is 4.15. The Balaban J connectivity index is 1.28. The fourth-order valence-electron chi connectivity index (χ4n) is 3.38.